The molecule has 0 amide bonds. The lowest BCUT2D eigenvalue weighted by atomic mass is 10.1. The molecule has 5 heteroatoms. The first-order chi connectivity index (χ1) is 10.2. The maximum Gasteiger partial charge on any atom is 0.163 e. The van der Waals surface area contributed by atoms with Crippen LogP contribution in [0.1, 0.15) is 36.0 Å². The number of allylic oxidation sites excluding steroid dienone is 3. The van der Waals surface area contributed by atoms with Gasteiger partial charge in [0.1, 0.15) is 5.84 Å². The first-order valence-electron chi connectivity index (χ1n) is 6.92. The minimum atomic E-state index is -0.00144. The van der Waals surface area contributed by atoms with Gasteiger partial charge in [-0.2, -0.15) is 5.53 Å². The molecule has 21 heavy (non-hydrogen) atoms. The van der Waals surface area contributed by atoms with Crippen LogP contribution in [0.2, 0.25) is 0 Å². The highest BCUT2D eigenvalue weighted by Crippen LogP contribution is 2.17. The van der Waals surface area contributed by atoms with Crippen molar-refractivity contribution in [3.05, 3.63) is 59.8 Å². The summed E-state index contributed by atoms with van der Waals surface area (Å²) in [5.74, 6) is 0.158. The van der Waals surface area contributed by atoms with Crippen LogP contribution in [0.3, 0.4) is 0 Å². The number of hydrogen-bond donors (Lipinski definition) is 2. The van der Waals surface area contributed by atoms with Gasteiger partial charge in [-0.25, -0.2) is 5.01 Å². The standard InChI is InChI=1S/C16H18N4O/c17-16(20(19-18)14-9-5-2-6-10-14)12-11-15(21)13-7-3-1-4-8-13/h1,3-5,7-10,17-18H,2,6,11-12H2. The van der Waals surface area contributed by atoms with E-state index in [0.717, 1.165) is 18.5 Å². The lowest BCUT2D eigenvalue weighted by molar-refractivity contribution is 0.0984. The van der Waals surface area contributed by atoms with Crippen molar-refractivity contribution < 1.29 is 4.79 Å². The third-order valence-electron chi connectivity index (χ3n) is 3.26. The Labute approximate surface area is 124 Å². The Morgan fingerprint density at radius 1 is 1.19 bits per heavy atom. The zero-order valence-corrected chi connectivity index (χ0v) is 11.7. The molecule has 2 N–H and O–H groups in total. The van der Waals surface area contributed by atoms with E-state index in [9.17, 15) is 4.79 Å². The van der Waals surface area contributed by atoms with Gasteiger partial charge >= 0.3 is 0 Å². The minimum absolute atomic E-state index is 0.00144. The number of carbonyl (C=O) groups is 1. The summed E-state index contributed by atoms with van der Waals surface area (Å²) < 4.78 is 0. The van der Waals surface area contributed by atoms with Crippen LogP contribution in [-0.2, 0) is 0 Å². The number of amidine groups is 1. The molecule has 0 spiro atoms. The van der Waals surface area contributed by atoms with Crippen molar-refractivity contribution in [3.8, 4) is 0 Å². The van der Waals surface area contributed by atoms with Crippen molar-refractivity contribution in [2.24, 2.45) is 5.22 Å². The first kappa shape index (κ1) is 14.8. The van der Waals surface area contributed by atoms with Crippen molar-refractivity contribution in [3.63, 3.8) is 0 Å². The first-order valence-corrected chi connectivity index (χ1v) is 6.92. The molecule has 0 atom stereocenters. The number of Topliss-reactive ketones (excluding diaryl/α,β-unsaturated/α-hetero) is 1. The number of carbonyl (C=O) groups excluding carboxylic acids is 1. The number of ketones is 1. The Kier molecular flexibility index (Phi) is 5.15. The van der Waals surface area contributed by atoms with Gasteiger partial charge in [0.2, 0.25) is 0 Å². The Bertz CT molecular complexity index is 590. The van der Waals surface area contributed by atoms with E-state index >= 15 is 0 Å². The SMILES string of the molecule is N=NN(C(=N)CCC(=O)c1ccccc1)C1=CCCC=C1. The summed E-state index contributed by atoms with van der Waals surface area (Å²) >= 11 is 0. The fraction of sp³-hybridized carbons (Fsp3) is 0.250. The van der Waals surface area contributed by atoms with Crippen LogP contribution in [0.5, 0.6) is 0 Å². The smallest absolute Gasteiger partial charge is 0.163 e. The molecule has 0 unspecified atom stereocenters. The maximum absolute atomic E-state index is 12.0. The van der Waals surface area contributed by atoms with Gasteiger partial charge in [-0.3, -0.25) is 10.2 Å². The largest absolute Gasteiger partial charge is 0.294 e. The number of nitrogens with one attached hydrogen (secondary N) is 2. The van der Waals surface area contributed by atoms with Crippen LogP contribution in [0.25, 0.3) is 0 Å². The van der Waals surface area contributed by atoms with Crippen LogP contribution in [0, 0.1) is 10.9 Å². The molecule has 0 radical (unpaired) electrons. The fourth-order valence-corrected chi connectivity index (χ4v) is 2.14. The Morgan fingerprint density at radius 2 is 1.95 bits per heavy atom. The van der Waals surface area contributed by atoms with E-state index in [1.807, 2.05) is 36.4 Å². The van der Waals surface area contributed by atoms with Crippen LogP contribution < -0.4 is 0 Å². The van der Waals surface area contributed by atoms with Crippen molar-refractivity contribution in [2.75, 3.05) is 0 Å². The van der Waals surface area contributed by atoms with E-state index in [1.54, 1.807) is 12.1 Å². The summed E-state index contributed by atoms with van der Waals surface area (Å²) in [6.45, 7) is 0. The minimum Gasteiger partial charge on any atom is -0.294 e. The predicted molar refractivity (Wildman–Crippen MR) is 81.2 cm³/mol. The van der Waals surface area contributed by atoms with E-state index < -0.39 is 0 Å². The number of rotatable bonds is 6. The molecule has 1 aromatic rings. The average molecular weight is 282 g/mol. The molecule has 0 fully saturated rings. The van der Waals surface area contributed by atoms with Gasteiger partial charge in [0.15, 0.2) is 5.78 Å². The van der Waals surface area contributed by atoms with Crippen molar-refractivity contribution in [1.29, 1.82) is 10.9 Å². The summed E-state index contributed by atoms with van der Waals surface area (Å²) in [5, 5.41) is 12.7. The van der Waals surface area contributed by atoms with Crippen LogP contribution >= 0.6 is 0 Å². The third-order valence-corrected chi connectivity index (χ3v) is 3.26. The second-order valence-electron chi connectivity index (χ2n) is 4.76. The monoisotopic (exact) mass is 282 g/mol. The fourth-order valence-electron chi connectivity index (χ4n) is 2.14. The van der Waals surface area contributed by atoms with Gasteiger partial charge in [0, 0.05) is 18.4 Å². The van der Waals surface area contributed by atoms with Gasteiger partial charge in [0.25, 0.3) is 0 Å². The molecule has 5 nitrogen and oxygen atoms in total. The van der Waals surface area contributed by atoms with E-state index in [1.165, 1.54) is 5.01 Å². The van der Waals surface area contributed by atoms with Gasteiger partial charge in [-0.15, -0.1) is 0 Å². The van der Waals surface area contributed by atoms with Crippen molar-refractivity contribution in [1.82, 2.24) is 5.01 Å². The zero-order valence-electron chi connectivity index (χ0n) is 11.7. The molecule has 0 saturated heterocycles. The highest BCUT2D eigenvalue weighted by Gasteiger charge is 2.15. The number of nitrogens with zero attached hydrogens (tertiary/aromatic N) is 2. The Balaban J connectivity index is 1.94. The second kappa shape index (κ2) is 7.28. The quantitative estimate of drug-likeness (QED) is 0.271. The highest BCUT2D eigenvalue weighted by atomic mass is 16.1. The van der Waals surface area contributed by atoms with Crippen LogP contribution in [0.15, 0.2) is 59.5 Å². The van der Waals surface area contributed by atoms with Crippen molar-refractivity contribution >= 4 is 11.6 Å². The van der Waals surface area contributed by atoms with E-state index in [-0.39, 0.29) is 24.5 Å². The summed E-state index contributed by atoms with van der Waals surface area (Å²) in [5.41, 5.74) is 8.61. The van der Waals surface area contributed by atoms with Gasteiger partial charge in [0.05, 0.1) is 5.70 Å². The van der Waals surface area contributed by atoms with E-state index in [4.69, 9.17) is 10.9 Å². The molecule has 0 aromatic heterocycles. The van der Waals surface area contributed by atoms with Gasteiger partial charge < -0.3 is 0 Å². The van der Waals surface area contributed by atoms with Crippen molar-refractivity contribution in [2.45, 2.75) is 25.7 Å². The molecule has 0 bridgehead atoms. The molecule has 0 heterocycles. The normalized spacial score (nSPS) is 13.4. The Hall–Kier alpha value is -2.56. The molecule has 0 saturated carbocycles. The van der Waals surface area contributed by atoms with E-state index in [0.29, 0.717) is 5.56 Å². The molecule has 1 aliphatic rings. The zero-order chi connectivity index (χ0) is 15.1. The summed E-state index contributed by atoms with van der Waals surface area (Å²) in [6, 6.07) is 9.04. The topological polar surface area (TPSA) is 80.4 Å². The highest BCUT2D eigenvalue weighted by molar-refractivity contribution is 5.98. The lowest BCUT2D eigenvalue weighted by Gasteiger charge is -2.20. The second-order valence-corrected chi connectivity index (χ2v) is 4.76. The van der Waals surface area contributed by atoms with Crippen LogP contribution in [-0.4, -0.2) is 16.6 Å². The average Bonchev–Trinajstić information content (AvgIpc) is 2.55. The van der Waals surface area contributed by atoms with Gasteiger partial charge in [-0.05, 0) is 18.9 Å². The maximum atomic E-state index is 12.0. The molecule has 1 aromatic carbocycles. The molecule has 108 valence electrons. The number of benzene rings is 1. The lowest BCUT2D eigenvalue weighted by Crippen LogP contribution is -2.24. The van der Waals surface area contributed by atoms with Crippen LogP contribution in [0.4, 0.5) is 0 Å². The Morgan fingerprint density at radius 3 is 2.57 bits per heavy atom. The van der Waals surface area contributed by atoms with Gasteiger partial charge in [-0.1, -0.05) is 47.7 Å². The van der Waals surface area contributed by atoms with E-state index in [2.05, 4.69) is 5.22 Å². The summed E-state index contributed by atoms with van der Waals surface area (Å²) in [6.07, 6.45) is 8.16. The molecular formula is C16H18N4O. The molecule has 1 aliphatic carbocycles. The molecule has 2 rings (SSSR count). The summed E-state index contributed by atoms with van der Waals surface area (Å²) in [4.78, 5) is 12.0. The molecular weight excluding hydrogens is 264 g/mol. The molecule has 0 aliphatic heterocycles. The summed E-state index contributed by atoms with van der Waals surface area (Å²) in [7, 11) is 0. The third kappa shape index (κ3) is 3.95. The predicted octanol–water partition coefficient (Wildman–Crippen LogP) is 4.11. The number of hydrogen-bond acceptors (Lipinski definition) is 4.